The zero-order valence-electron chi connectivity index (χ0n) is 8.35. The van der Waals surface area contributed by atoms with Gasteiger partial charge in [0, 0.05) is 6.04 Å². The van der Waals surface area contributed by atoms with Crippen LogP contribution in [0, 0.1) is 5.41 Å². The van der Waals surface area contributed by atoms with E-state index in [1.54, 1.807) is 0 Å². The van der Waals surface area contributed by atoms with Crippen molar-refractivity contribution in [2.45, 2.75) is 46.1 Å². The molecule has 0 aliphatic carbocycles. The highest BCUT2D eigenvalue weighted by molar-refractivity contribution is 4.87. The molecule has 1 saturated heterocycles. The summed E-state index contributed by atoms with van der Waals surface area (Å²) < 4.78 is 0. The number of hydrogen-bond acceptors (Lipinski definition) is 1. The van der Waals surface area contributed by atoms with Crippen molar-refractivity contribution in [3.8, 4) is 0 Å². The molecule has 1 rings (SSSR count). The van der Waals surface area contributed by atoms with Crippen molar-refractivity contribution >= 4 is 0 Å². The third kappa shape index (κ3) is 1.76. The number of hydrogen-bond donors (Lipinski definition) is 0. The molecule has 1 aliphatic rings. The van der Waals surface area contributed by atoms with Crippen molar-refractivity contribution < 1.29 is 0 Å². The SMILES string of the molecule is CCC1N(C)CCCC1(C)C. The van der Waals surface area contributed by atoms with E-state index in [9.17, 15) is 0 Å². The highest BCUT2D eigenvalue weighted by Crippen LogP contribution is 2.35. The molecule has 0 aromatic carbocycles. The van der Waals surface area contributed by atoms with Crippen LogP contribution in [-0.4, -0.2) is 24.5 Å². The first-order chi connectivity index (χ1) is 5.08. The smallest absolute Gasteiger partial charge is 0.0141 e. The van der Waals surface area contributed by atoms with Gasteiger partial charge in [0.05, 0.1) is 0 Å². The van der Waals surface area contributed by atoms with E-state index in [1.165, 1.54) is 25.8 Å². The third-order valence-corrected chi connectivity index (χ3v) is 3.15. The van der Waals surface area contributed by atoms with Gasteiger partial charge in [-0.15, -0.1) is 0 Å². The zero-order valence-corrected chi connectivity index (χ0v) is 8.35. The van der Waals surface area contributed by atoms with Gasteiger partial charge in [0.15, 0.2) is 0 Å². The molecule has 0 amide bonds. The predicted molar refractivity (Wildman–Crippen MR) is 49.7 cm³/mol. The predicted octanol–water partition coefficient (Wildman–Crippen LogP) is 2.52. The van der Waals surface area contributed by atoms with Crippen molar-refractivity contribution in [1.82, 2.24) is 4.90 Å². The van der Waals surface area contributed by atoms with Crippen molar-refractivity contribution in [2.75, 3.05) is 13.6 Å². The largest absolute Gasteiger partial charge is 0.303 e. The summed E-state index contributed by atoms with van der Waals surface area (Å²) in [4.78, 5) is 2.52. The summed E-state index contributed by atoms with van der Waals surface area (Å²) in [5.74, 6) is 0. The highest BCUT2D eigenvalue weighted by atomic mass is 15.1. The van der Waals surface area contributed by atoms with E-state index in [1.807, 2.05) is 0 Å². The van der Waals surface area contributed by atoms with Crippen LogP contribution in [0.1, 0.15) is 40.0 Å². The second-order valence-corrected chi connectivity index (χ2v) is 4.50. The molecule has 0 bridgehead atoms. The topological polar surface area (TPSA) is 3.24 Å². The summed E-state index contributed by atoms with van der Waals surface area (Å²) in [7, 11) is 2.26. The summed E-state index contributed by atoms with van der Waals surface area (Å²) in [5.41, 5.74) is 0.543. The summed E-state index contributed by atoms with van der Waals surface area (Å²) in [6.45, 7) is 8.39. The Morgan fingerprint density at radius 2 is 2.09 bits per heavy atom. The second-order valence-electron chi connectivity index (χ2n) is 4.50. The Kier molecular flexibility index (Phi) is 2.58. The van der Waals surface area contributed by atoms with Crippen LogP contribution >= 0.6 is 0 Å². The second kappa shape index (κ2) is 3.14. The van der Waals surface area contributed by atoms with Crippen molar-refractivity contribution in [1.29, 1.82) is 0 Å². The van der Waals surface area contributed by atoms with Gasteiger partial charge in [0.1, 0.15) is 0 Å². The van der Waals surface area contributed by atoms with E-state index in [4.69, 9.17) is 0 Å². The molecule has 1 heterocycles. The maximum Gasteiger partial charge on any atom is 0.0141 e. The Hall–Kier alpha value is -0.0400. The molecule has 66 valence electrons. The van der Waals surface area contributed by atoms with Gasteiger partial charge >= 0.3 is 0 Å². The Morgan fingerprint density at radius 1 is 1.45 bits per heavy atom. The molecule has 1 unspecified atom stereocenters. The number of nitrogens with zero attached hydrogens (tertiary/aromatic N) is 1. The lowest BCUT2D eigenvalue weighted by atomic mass is 9.75. The lowest BCUT2D eigenvalue weighted by Gasteiger charge is -2.44. The first kappa shape index (κ1) is 9.05. The zero-order chi connectivity index (χ0) is 8.48. The van der Waals surface area contributed by atoms with Gasteiger partial charge in [-0.1, -0.05) is 20.8 Å². The van der Waals surface area contributed by atoms with Crippen LogP contribution in [0.25, 0.3) is 0 Å². The van der Waals surface area contributed by atoms with E-state index in [0.717, 1.165) is 6.04 Å². The van der Waals surface area contributed by atoms with Crippen LogP contribution in [0.2, 0.25) is 0 Å². The van der Waals surface area contributed by atoms with Crippen molar-refractivity contribution in [3.05, 3.63) is 0 Å². The van der Waals surface area contributed by atoms with Crippen molar-refractivity contribution in [3.63, 3.8) is 0 Å². The first-order valence-corrected chi connectivity index (χ1v) is 4.78. The number of likely N-dealkylation sites (tertiary alicyclic amines) is 1. The molecule has 0 radical (unpaired) electrons. The molecule has 0 aromatic heterocycles. The Morgan fingerprint density at radius 3 is 2.45 bits per heavy atom. The van der Waals surface area contributed by atoms with E-state index in [2.05, 4.69) is 32.7 Å². The van der Waals surface area contributed by atoms with Crippen LogP contribution in [0.15, 0.2) is 0 Å². The molecular weight excluding hydrogens is 134 g/mol. The van der Waals surface area contributed by atoms with E-state index in [-0.39, 0.29) is 0 Å². The van der Waals surface area contributed by atoms with Crippen LogP contribution in [-0.2, 0) is 0 Å². The molecule has 1 atom stereocenters. The molecule has 11 heavy (non-hydrogen) atoms. The number of rotatable bonds is 1. The highest BCUT2D eigenvalue weighted by Gasteiger charge is 2.33. The van der Waals surface area contributed by atoms with Crippen molar-refractivity contribution in [2.24, 2.45) is 5.41 Å². The van der Waals surface area contributed by atoms with Gasteiger partial charge in [-0.25, -0.2) is 0 Å². The van der Waals surface area contributed by atoms with Gasteiger partial charge in [0.25, 0.3) is 0 Å². The average Bonchev–Trinajstić information content (AvgIpc) is 1.86. The molecule has 0 saturated carbocycles. The van der Waals surface area contributed by atoms with Crippen LogP contribution in [0.3, 0.4) is 0 Å². The fourth-order valence-corrected chi connectivity index (χ4v) is 2.57. The monoisotopic (exact) mass is 155 g/mol. The standard InChI is InChI=1S/C10H21N/c1-5-9-10(2,3)7-6-8-11(9)4/h9H,5-8H2,1-4H3. The molecule has 1 nitrogen and oxygen atoms in total. The van der Waals surface area contributed by atoms with Gasteiger partial charge in [-0.2, -0.15) is 0 Å². The molecule has 1 aliphatic heterocycles. The molecule has 0 N–H and O–H groups in total. The van der Waals surface area contributed by atoms with E-state index in [0.29, 0.717) is 5.41 Å². The lowest BCUT2D eigenvalue weighted by Crippen LogP contribution is -2.47. The van der Waals surface area contributed by atoms with Crippen LogP contribution in [0.5, 0.6) is 0 Å². The fourth-order valence-electron chi connectivity index (χ4n) is 2.57. The van der Waals surface area contributed by atoms with Gasteiger partial charge < -0.3 is 4.90 Å². The lowest BCUT2D eigenvalue weighted by molar-refractivity contribution is 0.0558. The summed E-state index contributed by atoms with van der Waals surface area (Å²) in [6, 6.07) is 0.802. The minimum Gasteiger partial charge on any atom is -0.303 e. The fraction of sp³-hybridized carbons (Fsp3) is 1.00. The van der Waals surface area contributed by atoms with E-state index < -0.39 is 0 Å². The van der Waals surface area contributed by atoms with Crippen LogP contribution < -0.4 is 0 Å². The average molecular weight is 155 g/mol. The molecule has 0 spiro atoms. The molecular formula is C10H21N. The molecule has 0 aromatic rings. The van der Waals surface area contributed by atoms with Crippen LogP contribution in [0.4, 0.5) is 0 Å². The first-order valence-electron chi connectivity index (χ1n) is 4.78. The Labute approximate surface area is 70.8 Å². The van der Waals surface area contributed by atoms with Gasteiger partial charge in [0.2, 0.25) is 0 Å². The minimum absolute atomic E-state index is 0.543. The molecule has 1 fully saturated rings. The summed E-state index contributed by atoms with van der Waals surface area (Å²) in [6.07, 6.45) is 4.07. The number of piperidine rings is 1. The van der Waals surface area contributed by atoms with Gasteiger partial charge in [-0.3, -0.25) is 0 Å². The maximum absolute atomic E-state index is 2.52. The summed E-state index contributed by atoms with van der Waals surface area (Å²) >= 11 is 0. The molecule has 1 heteroatoms. The summed E-state index contributed by atoms with van der Waals surface area (Å²) in [5, 5.41) is 0. The van der Waals surface area contributed by atoms with E-state index >= 15 is 0 Å². The minimum atomic E-state index is 0.543. The Bertz CT molecular complexity index is 129. The third-order valence-electron chi connectivity index (χ3n) is 3.15. The Balaban J connectivity index is 2.64. The van der Waals surface area contributed by atoms with Gasteiger partial charge in [-0.05, 0) is 38.3 Å². The normalized spacial score (nSPS) is 32.2. The quantitative estimate of drug-likeness (QED) is 0.562. The maximum atomic E-state index is 2.52.